The van der Waals surface area contributed by atoms with E-state index in [1.165, 1.54) is 23.6 Å². The second-order valence-electron chi connectivity index (χ2n) is 6.62. The summed E-state index contributed by atoms with van der Waals surface area (Å²) in [6, 6.07) is 13.6. The number of nitrogens with zero attached hydrogens (tertiary/aromatic N) is 3. The van der Waals surface area contributed by atoms with Crippen molar-refractivity contribution in [2.24, 2.45) is 5.73 Å². The van der Waals surface area contributed by atoms with Gasteiger partial charge >= 0.3 is 0 Å². The van der Waals surface area contributed by atoms with E-state index in [1.807, 2.05) is 25.1 Å². The van der Waals surface area contributed by atoms with Crippen LogP contribution in [-0.4, -0.2) is 38.4 Å². The first-order valence-electron chi connectivity index (χ1n) is 9.24. The van der Waals surface area contributed by atoms with Gasteiger partial charge in [0.05, 0.1) is 12.0 Å². The number of amides is 2. The molecule has 0 aliphatic carbocycles. The monoisotopic (exact) mass is 413 g/mol. The fourth-order valence-electron chi connectivity index (χ4n) is 2.83. The largest absolute Gasteiger partial charge is 0.461 e. The van der Waals surface area contributed by atoms with E-state index in [0.717, 1.165) is 12.8 Å². The van der Waals surface area contributed by atoms with Gasteiger partial charge in [-0.25, -0.2) is 0 Å². The summed E-state index contributed by atoms with van der Waals surface area (Å²) < 4.78 is 6.89. The van der Waals surface area contributed by atoms with Crippen LogP contribution >= 0.6 is 11.8 Å². The van der Waals surface area contributed by atoms with Gasteiger partial charge in [-0.3, -0.25) is 14.2 Å². The Morgan fingerprint density at radius 2 is 2.00 bits per heavy atom. The molecule has 0 saturated heterocycles. The second-order valence-corrected chi connectivity index (χ2v) is 7.56. The maximum atomic E-state index is 12.3. The van der Waals surface area contributed by atoms with E-state index in [0.29, 0.717) is 16.7 Å². The van der Waals surface area contributed by atoms with Gasteiger partial charge in [-0.1, -0.05) is 42.1 Å². The van der Waals surface area contributed by atoms with E-state index in [4.69, 9.17) is 10.2 Å². The van der Waals surface area contributed by atoms with Crippen molar-refractivity contribution in [2.45, 2.75) is 37.5 Å². The Labute approximate surface area is 172 Å². The highest BCUT2D eigenvalue weighted by molar-refractivity contribution is 7.99. The first-order valence-corrected chi connectivity index (χ1v) is 10.2. The number of furan rings is 1. The Kier molecular flexibility index (Phi) is 7.07. The minimum atomic E-state index is -0.529. The number of carbonyl (C=O) groups is 2. The Hall–Kier alpha value is -3.07. The Balaban J connectivity index is 1.55. The molecular formula is C20H23N5O3S. The normalized spacial score (nSPS) is 11.9. The van der Waals surface area contributed by atoms with Gasteiger partial charge in [-0.05, 0) is 37.5 Å². The molecule has 1 aromatic carbocycles. The topological polar surface area (TPSA) is 116 Å². The van der Waals surface area contributed by atoms with Gasteiger partial charge in [0.15, 0.2) is 10.9 Å². The molecule has 0 saturated carbocycles. The third-order valence-electron chi connectivity index (χ3n) is 4.22. The van der Waals surface area contributed by atoms with Crippen molar-refractivity contribution >= 4 is 23.6 Å². The van der Waals surface area contributed by atoms with Crippen molar-refractivity contribution in [3.8, 4) is 11.6 Å². The smallest absolute Gasteiger partial charge is 0.237 e. The Bertz CT molecular complexity index is 940. The zero-order chi connectivity index (χ0) is 20.6. The van der Waals surface area contributed by atoms with Crippen molar-refractivity contribution < 1.29 is 14.0 Å². The van der Waals surface area contributed by atoms with Crippen LogP contribution < -0.4 is 11.1 Å². The molecule has 29 heavy (non-hydrogen) atoms. The van der Waals surface area contributed by atoms with Crippen LogP contribution in [0.1, 0.15) is 18.9 Å². The number of benzene rings is 1. The van der Waals surface area contributed by atoms with Crippen LogP contribution in [0.15, 0.2) is 58.3 Å². The standard InChI is InChI=1S/C20H23N5O3S/c1-14(9-10-15-6-3-2-4-7-15)22-18(27)13-29-20-24-23-19(16-8-5-11-28-16)25(20)12-17(21)26/h2-8,11,14H,9-10,12-13H2,1H3,(H2,21,26)(H,22,27)/t14-/m0/s1. The molecule has 0 spiro atoms. The molecule has 0 unspecified atom stereocenters. The van der Waals surface area contributed by atoms with Crippen LogP contribution in [-0.2, 0) is 22.6 Å². The van der Waals surface area contributed by atoms with E-state index in [-0.39, 0.29) is 24.2 Å². The highest BCUT2D eigenvalue weighted by atomic mass is 32.2. The van der Waals surface area contributed by atoms with Gasteiger partial charge in [0, 0.05) is 6.04 Å². The van der Waals surface area contributed by atoms with Crippen molar-refractivity contribution in [1.29, 1.82) is 0 Å². The quantitative estimate of drug-likeness (QED) is 0.493. The average molecular weight is 414 g/mol. The highest BCUT2D eigenvalue weighted by Gasteiger charge is 2.19. The van der Waals surface area contributed by atoms with Crippen LogP contribution in [0.25, 0.3) is 11.6 Å². The number of primary amides is 1. The van der Waals surface area contributed by atoms with Crippen LogP contribution in [0.3, 0.4) is 0 Å². The number of aryl methyl sites for hydroxylation is 1. The van der Waals surface area contributed by atoms with Crippen LogP contribution in [0, 0.1) is 0 Å². The molecule has 2 heterocycles. The minimum Gasteiger partial charge on any atom is -0.461 e. The predicted molar refractivity (Wildman–Crippen MR) is 110 cm³/mol. The summed E-state index contributed by atoms with van der Waals surface area (Å²) in [6.07, 6.45) is 3.26. The number of rotatable bonds is 10. The van der Waals surface area contributed by atoms with E-state index >= 15 is 0 Å². The molecular weight excluding hydrogens is 390 g/mol. The van der Waals surface area contributed by atoms with Crippen molar-refractivity contribution in [2.75, 3.05) is 5.75 Å². The number of nitrogens with one attached hydrogen (secondary N) is 1. The third kappa shape index (κ3) is 5.95. The van der Waals surface area contributed by atoms with E-state index < -0.39 is 5.91 Å². The minimum absolute atomic E-state index is 0.0467. The second kappa shape index (κ2) is 9.92. The number of thioether (sulfide) groups is 1. The molecule has 1 atom stereocenters. The first-order chi connectivity index (χ1) is 14.0. The summed E-state index contributed by atoms with van der Waals surface area (Å²) in [7, 11) is 0. The SMILES string of the molecule is C[C@@H](CCc1ccccc1)NC(=O)CSc1nnc(-c2ccco2)n1CC(N)=O. The van der Waals surface area contributed by atoms with E-state index in [2.05, 4.69) is 27.6 Å². The van der Waals surface area contributed by atoms with Gasteiger partial charge in [-0.15, -0.1) is 10.2 Å². The number of hydrogen-bond acceptors (Lipinski definition) is 6. The first kappa shape index (κ1) is 20.7. The molecule has 2 aromatic heterocycles. The number of hydrogen-bond donors (Lipinski definition) is 2. The summed E-state index contributed by atoms with van der Waals surface area (Å²) in [5.74, 6) is 0.393. The fourth-order valence-corrected chi connectivity index (χ4v) is 3.58. The van der Waals surface area contributed by atoms with Gasteiger partial charge in [0.2, 0.25) is 17.6 Å². The molecule has 8 nitrogen and oxygen atoms in total. The van der Waals surface area contributed by atoms with Gasteiger partial charge in [-0.2, -0.15) is 0 Å². The van der Waals surface area contributed by atoms with Crippen LogP contribution in [0.5, 0.6) is 0 Å². The molecule has 0 bridgehead atoms. The Morgan fingerprint density at radius 1 is 1.21 bits per heavy atom. The molecule has 3 aromatic rings. The number of carbonyl (C=O) groups excluding carboxylic acids is 2. The third-order valence-corrected chi connectivity index (χ3v) is 5.19. The summed E-state index contributed by atoms with van der Waals surface area (Å²) in [6.45, 7) is 1.89. The maximum absolute atomic E-state index is 12.3. The molecule has 3 rings (SSSR count). The summed E-state index contributed by atoms with van der Waals surface area (Å²) in [5, 5.41) is 11.6. The highest BCUT2D eigenvalue weighted by Crippen LogP contribution is 2.24. The van der Waals surface area contributed by atoms with Gasteiger partial charge < -0.3 is 15.5 Å². The lowest BCUT2D eigenvalue weighted by Gasteiger charge is -2.14. The van der Waals surface area contributed by atoms with Crippen molar-refractivity contribution in [3.05, 3.63) is 54.3 Å². The molecule has 2 amide bonds. The summed E-state index contributed by atoms with van der Waals surface area (Å²) in [5.41, 5.74) is 6.59. The van der Waals surface area contributed by atoms with Crippen LogP contribution in [0.4, 0.5) is 0 Å². The predicted octanol–water partition coefficient (Wildman–Crippen LogP) is 2.25. The molecule has 9 heteroatoms. The molecule has 3 N–H and O–H groups in total. The molecule has 152 valence electrons. The molecule has 0 radical (unpaired) electrons. The molecule has 0 fully saturated rings. The van der Waals surface area contributed by atoms with Crippen molar-refractivity contribution in [1.82, 2.24) is 20.1 Å². The van der Waals surface area contributed by atoms with E-state index in [1.54, 1.807) is 16.7 Å². The molecule has 0 aliphatic heterocycles. The Morgan fingerprint density at radius 3 is 2.69 bits per heavy atom. The van der Waals surface area contributed by atoms with E-state index in [9.17, 15) is 9.59 Å². The average Bonchev–Trinajstić information content (AvgIpc) is 3.35. The molecule has 0 aliphatic rings. The van der Waals surface area contributed by atoms with Gasteiger partial charge in [0.1, 0.15) is 6.54 Å². The summed E-state index contributed by atoms with van der Waals surface area (Å²) in [4.78, 5) is 23.7. The zero-order valence-corrected chi connectivity index (χ0v) is 16.9. The zero-order valence-electron chi connectivity index (χ0n) is 16.1. The number of aromatic nitrogens is 3. The maximum Gasteiger partial charge on any atom is 0.237 e. The summed E-state index contributed by atoms with van der Waals surface area (Å²) >= 11 is 1.20. The van der Waals surface area contributed by atoms with Gasteiger partial charge in [0.25, 0.3) is 0 Å². The van der Waals surface area contributed by atoms with Crippen LogP contribution in [0.2, 0.25) is 0 Å². The number of nitrogens with two attached hydrogens (primary N) is 1. The lowest BCUT2D eigenvalue weighted by atomic mass is 10.1. The lowest BCUT2D eigenvalue weighted by Crippen LogP contribution is -2.34. The van der Waals surface area contributed by atoms with Crippen molar-refractivity contribution in [3.63, 3.8) is 0 Å². The fraction of sp³-hybridized carbons (Fsp3) is 0.300. The lowest BCUT2D eigenvalue weighted by molar-refractivity contribution is -0.119.